The summed E-state index contributed by atoms with van der Waals surface area (Å²) in [7, 11) is 0. The van der Waals surface area contributed by atoms with Crippen LogP contribution in [0.5, 0.6) is 0 Å². The van der Waals surface area contributed by atoms with Gasteiger partial charge >= 0.3 is 0 Å². The molecule has 0 amide bonds. The first kappa shape index (κ1) is 11.7. The molecule has 3 nitrogen and oxygen atoms in total. The molecule has 1 saturated heterocycles. The van der Waals surface area contributed by atoms with Gasteiger partial charge in [0.1, 0.15) is 0 Å². The normalized spacial score (nSPS) is 22.1. The molecular formula is C11H22N2O. The molecule has 1 rings (SSSR count). The molecule has 82 valence electrons. The molecule has 0 aliphatic carbocycles. The van der Waals surface area contributed by atoms with Crippen molar-refractivity contribution in [2.45, 2.75) is 25.4 Å². The van der Waals surface area contributed by atoms with Crippen LogP contribution in [0.4, 0.5) is 0 Å². The standard InChI is InChI=1S/C11H22N2O/c1-2-6-12-7-8-13-10-11-5-3-4-9-14-11/h2,11-13H,1,3-10H2. The summed E-state index contributed by atoms with van der Waals surface area (Å²) in [6.45, 7) is 8.49. The fraction of sp³-hybridized carbons (Fsp3) is 0.818. The van der Waals surface area contributed by atoms with Crippen molar-refractivity contribution in [3.63, 3.8) is 0 Å². The van der Waals surface area contributed by atoms with Gasteiger partial charge in [-0.15, -0.1) is 6.58 Å². The highest BCUT2D eigenvalue weighted by atomic mass is 16.5. The molecule has 1 atom stereocenters. The van der Waals surface area contributed by atoms with E-state index in [0.717, 1.165) is 32.8 Å². The topological polar surface area (TPSA) is 33.3 Å². The fourth-order valence-corrected chi connectivity index (χ4v) is 1.61. The maximum absolute atomic E-state index is 5.61. The van der Waals surface area contributed by atoms with Crippen LogP contribution in [-0.4, -0.2) is 38.9 Å². The SMILES string of the molecule is C=CCNCCNCC1CCCCO1. The number of hydrogen-bond donors (Lipinski definition) is 2. The van der Waals surface area contributed by atoms with Gasteiger partial charge in [-0.05, 0) is 19.3 Å². The van der Waals surface area contributed by atoms with Crippen LogP contribution in [0.3, 0.4) is 0 Å². The highest BCUT2D eigenvalue weighted by molar-refractivity contribution is 4.70. The van der Waals surface area contributed by atoms with Crippen LogP contribution in [0.1, 0.15) is 19.3 Å². The molecule has 0 spiro atoms. The second kappa shape index (κ2) is 7.97. The first-order chi connectivity index (χ1) is 6.93. The Morgan fingerprint density at radius 1 is 1.29 bits per heavy atom. The molecule has 14 heavy (non-hydrogen) atoms. The average Bonchev–Trinajstić information content (AvgIpc) is 2.25. The third kappa shape index (κ3) is 5.37. The zero-order valence-corrected chi connectivity index (χ0v) is 8.93. The minimum atomic E-state index is 0.447. The summed E-state index contributed by atoms with van der Waals surface area (Å²) >= 11 is 0. The zero-order valence-electron chi connectivity index (χ0n) is 8.93. The zero-order chi connectivity index (χ0) is 10.1. The number of hydrogen-bond acceptors (Lipinski definition) is 3. The van der Waals surface area contributed by atoms with E-state index in [-0.39, 0.29) is 0 Å². The van der Waals surface area contributed by atoms with E-state index in [9.17, 15) is 0 Å². The predicted molar refractivity (Wildman–Crippen MR) is 59.5 cm³/mol. The van der Waals surface area contributed by atoms with E-state index in [2.05, 4.69) is 17.2 Å². The molecule has 1 heterocycles. The van der Waals surface area contributed by atoms with E-state index in [1.807, 2.05) is 6.08 Å². The van der Waals surface area contributed by atoms with Crippen molar-refractivity contribution in [2.24, 2.45) is 0 Å². The van der Waals surface area contributed by atoms with E-state index in [4.69, 9.17) is 4.74 Å². The fourth-order valence-electron chi connectivity index (χ4n) is 1.61. The minimum Gasteiger partial charge on any atom is -0.377 e. The van der Waals surface area contributed by atoms with Crippen LogP contribution in [0.25, 0.3) is 0 Å². The molecule has 0 radical (unpaired) electrons. The van der Waals surface area contributed by atoms with Gasteiger partial charge in [-0.3, -0.25) is 0 Å². The quantitative estimate of drug-likeness (QED) is 0.471. The Kier molecular flexibility index (Phi) is 6.66. The first-order valence-corrected chi connectivity index (χ1v) is 5.57. The Bertz CT molecular complexity index is 144. The molecule has 1 unspecified atom stereocenters. The van der Waals surface area contributed by atoms with E-state index < -0.39 is 0 Å². The highest BCUT2D eigenvalue weighted by Gasteiger charge is 2.12. The van der Waals surface area contributed by atoms with Gasteiger partial charge in [0, 0.05) is 32.8 Å². The van der Waals surface area contributed by atoms with Gasteiger partial charge < -0.3 is 15.4 Å². The van der Waals surface area contributed by atoms with Gasteiger partial charge in [-0.1, -0.05) is 6.08 Å². The lowest BCUT2D eigenvalue weighted by molar-refractivity contribution is 0.0171. The third-order valence-corrected chi connectivity index (χ3v) is 2.41. The van der Waals surface area contributed by atoms with Crippen LogP contribution >= 0.6 is 0 Å². The lowest BCUT2D eigenvalue weighted by Gasteiger charge is -2.22. The molecule has 0 aromatic carbocycles. The molecule has 0 saturated carbocycles. The van der Waals surface area contributed by atoms with Gasteiger partial charge in [0.05, 0.1) is 6.10 Å². The van der Waals surface area contributed by atoms with Crippen molar-refractivity contribution in [1.29, 1.82) is 0 Å². The summed E-state index contributed by atoms with van der Waals surface area (Å²) < 4.78 is 5.61. The van der Waals surface area contributed by atoms with Gasteiger partial charge in [-0.2, -0.15) is 0 Å². The van der Waals surface area contributed by atoms with Gasteiger partial charge in [0.2, 0.25) is 0 Å². The molecule has 0 bridgehead atoms. The van der Waals surface area contributed by atoms with Crippen LogP contribution in [-0.2, 0) is 4.74 Å². The number of nitrogens with one attached hydrogen (secondary N) is 2. The second-order valence-corrected chi connectivity index (χ2v) is 3.69. The molecule has 2 N–H and O–H groups in total. The molecule has 1 aliphatic heterocycles. The smallest absolute Gasteiger partial charge is 0.0699 e. The summed E-state index contributed by atoms with van der Waals surface area (Å²) in [6.07, 6.45) is 6.10. The number of rotatable bonds is 7. The Morgan fingerprint density at radius 2 is 2.14 bits per heavy atom. The third-order valence-electron chi connectivity index (χ3n) is 2.41. The van der Waals surface area contributed by atoms with Crippen LogP contribution < -0.4 is 10.6 Å². The van der Waals surface area contributed by atoms with Crippen LogP contribution in [0.15, 0.2) is 12.7 Å². The van der Waals surface area contributed by atoms with Gasteiger partial charge in [-0.25, -0.2) is 0 Å². The Hall–Kier alpha value is -0.380. The molecule has 0 aromatic heterocycles. The summed E-state index contributed by atoms with van der Waals surface area (Å²) in [6, 6.07) is 0. The maximum atomic E-state index is 5.61. The first-order valence-electron chi connectivity index (χ1n) is 5.57. The molecule has 3 heteroatoms. The maximum Gasteiger partial charge on any atom is 0.0699 e. The molecule has 1 fully saturated rings. The second-order valence-electron chi connectivity index (χ2n) is 3.69. The van der Waals surface area contributed by atoms with Crippen molar-refractivity contribution in [1.82, 2.24) is 10.6 Å². The Morgan fingerprint density at radius 3 is 2.86 bits per heavy atom. The summed E-state index contributed by atoms with van der Waals surface area (Å²) in [5, 5.41) is 6.64. The van der Waals surface area contributed by atoms with Crippen molar-refractivity contribution >= 4 is 0 Å². The van der Waals surface area contributed by atoms with E-state index in [1.165, 1.54) is 19.3 Å². The average molecular weight is 198 g/mol. The lowest BCUT2D eigenvalue weighted by atomic mass is 10.1. The largest absolute Gasteiger partial charge is 0.377 e. The monoisotopic (exact) mass is 198 g/mol. The van der Waals surface area contributed by atoms with Gasteiger partial charge in [0.25, 0.3) is 0 Å². The highest BCUT2D eigenvalue weighted by Crippen LogP contribution is 2.11. The van der Waals surface area contributed by atoms with E-state index in [1.54, 1.807) is 0 Å². The molecule has 0 aromatic rings. The van der Waals surface area contributed by atoms with Crippen LogP contribution in [0.2, 0.25) is 0 Å². The van der Waals surface area contributed by atoms with Crippen molar-refractivity contribution < 1.29 is 4.74 Å². The van der Waals surface area contributed by atoms with Crippen molar-refractivity contribution in [2.75, 3.05) is 32.8 Å². The summed E-state index contributed by atoms with van der Waals surface area (Å²) in [5.41, 5.74) is 0. The van der Waals surface area contributed by atoms with E-state index >= 15 is 0 Å². The Balaban J connectivity index is 1.85. The molecular weight excluding hydrogens is 176 g/mol. The summed E-state index contributed by atoms with van der Waals surface area (Å²) in [4.78, 5) is 0. The van der Waals surface area contributed by atoms with E-state index in [0.29, 0.717) is 6.10 Å². The minimum absolute atomic E-state index is 0.447. The number of ether oxygens (including phenoxy) is 1. The van der Waals surface area contributed by atoms with Gasteiger partial charge in [0.15, 0.2) is 0 Å². The molecule has 1 aliphatic rings. The summed E-state index contributed by atoms with van der Waals surface area (Å²) in [5.74, 6) is 0. The van der Waals surface area contributed by atoms with Crippen molar-refractivity contribution in [3.8, 4) is 0 Å². The Labute approximate surface area is 86.9 Å². The van der Waals surface area contributed by atoms with Crippen LogP contribution in [0, 0.1) is 0 Å². The van der Waals surface area contributed by atoms with Crippen molar-refractivity contribution in [3.05, 3.63) is 12.7 Å². The lowest BCUT2D eigenvalue weighted by Crippen LogP contribution is -2.35. The predicted octanol–water partition coefficient (Wildman–Crippen LogP) is 0.921.